The first-order valence-corrected chi connectivity index (χ1v) is 9.16. The van der Waals surface area contributed by atoms with Gasteiger partial charge in [0.2, 0.25) is 5.91 Å². The Morgan fingerprint density at radius 2 is 1.85 bits per heavy atom. The van der Waals surface area contributed by atoms with Gasteiger partial charge in [-0.15, -0.1) is 0 Å². The molecule has 0 aliphatic heterocycles. The lowest BCUT2D eigenvalue weighted by Crippen LogP contribution is -2.40. The van der Waals surface area contributed by atoms with Crippen molar-refractivity contribution in [3.8, 4) is 0 Å². The smallest absolute Gasteiger partial charge is 0.356 e. The van der Waals surface area contributed by atoms with E-state index < -0.39 is 11.7 Å². The van der Waals surface area contributed by atoms with Crippen LogP contribution in [0.25, 0.3) is 0 Å². The van der Waals surface area contributed by atoms with Crippen molar-refractivity contribution in [1.82, 2.24) is 16.0 Å². The third-order valence-corrected chi connectivity index (χ3v) is 4.09. The van der Waals surface area contributed by atoms with Crippen LogP contribution in [0.2, 0.25) is 0 Å². The highest BCUT2D eigenvalue weighted by Gasteiger charge is 2.30. The number of nitrogens with zero attached hydrogens (tertiary/aromatic N) is 1. The van der Waals surface area contributed by atoms with E-state index in [2.05, 4.69) is 20.9 Å². The highest BCUT2D eigenvalue weighted by atomic mass is 19.4. The fourth-order valence-corrected chi connectivity index (χ4v) is 2.46. The second-order valence-electron chi connectivity index (χ2n) is 6.34. The van der Waals surface area contributed by atoms with Gasteiger partial charge in [-0.3, -0.25) is 9.79 Å². The summed E-state index contributed by atoms with van der Waals surface area (Å²) in [5.41, 5.74) is 0.0285. The minimum Gasteiger partial charge on any atom is -0.356 e. The minimum absolute atomic E-state index is 0.0158. The van der Waals surface area contributed by atoms with E-state index in [0.29, 0.717) is 44.0 Å². The van der Waals surface area contributed by atoms with Gasteiger partial charge in [-0.25, -0.2) is 0 Å². The number of hydrogen-bond donors (Lipinski definition) is 3. The first-order chi connectivity index (χ1) is 12.8. The summed E-state index contributed by atoms with van der Waals surface area (Å²) < 4.78 is 38.4. The Hall–Kier alpha value is -2.25. The molecule has 0 bridgehead atoms. The normalized spacial score (nSPS) is 13.2. The summed E-state index contributed by atoms with van der Waals surface area (Å²) in [4.78, 5) is 15.6. The topological polar surface area (TPSA) is 65.5 Å². The van der Waals surface area contributed by atoms with Crippen LogP contribution in [0, 0.1) is 0 Å². The molecular weight excluding hydrogens is 357 g/mol. The van der Waals surface area contributed by atoms with E-state index in [1.807, 2.05) is 13.8 Å². The lowest BCUT2D eigenvalue weighted by Gasteiger charge is -2.16. The maximum Gasteiger partial charge on any atom is 0.416 e. The van der Waals surface area contributed by atoms with Gasteiger partial charge in [0, 0.05) is 33.1 Å². The van der Waals surface area contributed by atoms with E-state index in [1.54, 1.807) is 13.1 Å². The van der Waals surface area contributed by atoms with Crippen molar-refractivity contribution in [1.29, 1.82) is 0 Å². The Labute approximate surface area is 158 Å². The van der Waals surface area contributed by atoms with Crippen LogP contribution >= 0.6 is 0 Å². The molecule has 0 spiro atoms. The lowest BCUT2D eigenvalue weighted by atomic mass is 9.96. The van der Waals surface area contributed by atoms with Gasteiger partial charge in [0.05, 0.1) is 5.56 Å². The van der Waals surface area contributed by atoms with Crippen molar-refractivity contribution in [3.05, 3.63) is 35.4 Å². The van der Waals surface area contributed by atoms with Crippen LogP contribution in [0.5, 0.6) is 0 Å². The number of amides is 1. The first kappa shape index (κ1) is 22.8. The van der Waals surface area contributed by atoms with Gasteiger partial charge in [0.15, 0.2) is 5.96 Å². The average molecular weight is 386 g/mol. The molecule has 0 aliphatic carbocycles. The van der Waals surface area contributed by atoms with E-state index in [0.717, 1.165) is 12.5 Å². The average Bonchev–Trinajstić information content (AvgIpc) is 2.64. The van der Waals surface area contributed by atoms with Crippen LogP contribution < -0.4 is 16.0 Å². The van der Waals surface area contributed by atoms with Gasteiger partial charge in [0.25, 0.3) is 0 Å². The number of nitrogens with one attached hydrogen (secondary N) is 3. The van der Waals surface area contributed by atoms with E-state index >= 15 is 0 Å². The summed E-state index contributed by atoms with van der Waals surface area (Å²) in [7, 11) is 1.63. The van der Waals surface area contributed by atoms with Gasteiger partial charge in [-0.05, 0) is 30.4 Å². The summed E-state index contributed by atoms with van der Waals surface area (Å²) in [5, 5.41) is 8.96. The Morgan fingerprint density at radius 3 is 2.48 bits per heavy atom. The molecule has 0 saturated heterocycles. The second kappa shape index (κ2) is 11.5. The van der Waals surface area contributed by atoms with E-state index in [9.17, 15) is 18.0 Å². The molecule has 152 valence electrons. The predicted molar refractivity (Wildman–Crippen MR) is 102 cm³/mol. The maximum atomic E-state index is 12.8. The number of carbonyl (C=O) groups is 1. The number of halogens is 3. The molecule has 0 aromatic heterocycles. The number of rotatable bonds is 9. The first-order valence-electron chi connectivity index (χ1n) is 9.16. The highest BCUT2D eigenvalue weighted by Crippen LogP contribution is 2.31. The molecule has 1 atom stereocenters. The van der Waals surface area contributed by atoms with Gasteiger partial charge in [-0.1, -0.05) is 32.0 Å². The van der Waals surface area contributed by atoms with E-state index in [-0.39, 0.29) is 11.8 Å². The molecule has 1 aromatic rings. The molecule has 0 aliphatic rings. The lowest BCUT2D eigenvalue weighted by molar-refractivity contribution is -0.137. The molecule has 0 fully saturated rings. The molecule has 8 heteroatoms. The number of carbonyl (C=O) groups excluding carboxylic acids is 1. The Balaban J connectivity index is 2.39. The second-order valence-corrected chi connectivity index (χ2v) is 6.34. The van der Waals surface area contributed by atoms with Gasteiger partial charge in [-0.2, -0.15) is 13.2 Å². The molecule has 1 unspecified atom stereocenters. The van der Waals surface area contributed by atoms with Crippen LogP contribution in [0.15, 0.2) is 29.3 Å². The number of alkyl halides is 3. The summed E-state index contributed by atoms with van der Waals surface area (Å²) in [6.45, 7) is 5.56. The fourth-order valence-electron chi connectivity index (χ4n) is 2.46. The quantitative estimate of drug-likeness (QED) is 0.451. The largest absolute Gasteiger partial charge is 0.416 e. The monoisotopic (exact) mass is 386 g/mol. The van der Waals surface area contributed by atoms with Crippen molar-refractivity contribution in [2.24, 2.45) is 4.99 Å². The van der Waals surface area contributed by atoms with Crippen molar-refractivity contribution < 1.29 is 18.0 Å². The Kier molecular flexibility index (Phi) is 9.67. The third kappa shape index (κ3) is 8.79. The zero-order valence-corrected chi connectivity index (χ0v) is 16.1. The van der Waals surface area contributed by atoms with Crippen LogP contribution in [-0.4, -0.2) is 38.5 Å². The number of guanidine groups is 1. The van der Waals surface area contributed by atoms with Gasteiger partial charge in [0.1, 0.15) is 0 Å². The van der Waals surface area contributed by atoms with Crippen molar-refractivity contribution in [2.45, 2.75) is 45.2 Å². The zero-order valence-electron chi connectivity index (χ0n) is 16.1. The molecule has 0 radical (unpaired) electrons. The van der Waals surface area contributed by atoms with Crippen LogP contribution in [-0.2, 0) is 11.0 Å². The van der Waals surface area contributed by atoms with E-state index in [4.69, 9.17) is 0 Å². The van der Waals surface area contributed by atoms with Crippen molar-refractivity contribution >= 4 is 11.9 Å². The molecule has 5 nitrogen and oxygen atoms in total. The molecule has 1 aromatic carbocycles. The third-order valence-electron chi connectivity index (χ3n) is 4.09. The van der Waals surface area contributed by atoms with Crippen LogP contribution in [0.3, 0.4) is 0 Å². The molecule has 0 heterocycles. The molecule has 1 amide bonds. The maximum absolute atomic E-state index is 12.8. The summed E-state index contributed by atoms with van der Waals surface area (Å²) in [6.07, 6.45) is -2.43. The fraction of sp³-hybridized carbons (Fsp3) is 0.579. The van der Waals surface area contributed by atoms with Crippen LogP contribution in [0.1, 0.15) is 50.2 Å². The summed E-state index contributed by atoms with van der Waals surface area (Å²) in [5.74, 6) is 0.519. The highest BCUT2D eigenvalue weighted by molar-refractivity contribution is 5.81. The molecule has 0 saturated carbocycles. The molecule has 1 rings (SSSR count). The molecule has 3 N–H and O–H groups in total. The van der Waals surface area contributed by atoms with Crippen molar-refractivity contribution in [2.75, 3.05) is 26.7 Å². The summed E-state index contributed by atoms with van der Waals surface area (Å²) in [6, 6.07) is 5.43. The zero-order chi connectivity index (χ0) is 20.3. The number of hydrogen-bond acceptors (Lipinski definition) is 2. The Bertz CT molecular complexity index is 617. The number of aliphatic imine (C=N–C) groups is 1. The SMILES string of the molecule is CCCNC(=O)CCNC(=NC)NCCC(C)c1cccc(C(F)(F)F)c1. The molecular formula is C19H29F3N4O. The Morgan fingerprint density at radius 1 is 1.15 bits per heavy atom. The summed E-state index contributed by atoms with van der Waals surface area (Å²) >= 11 is 0. The predicted octanol–water partition coefficient (Wildman–Crippen LogP) is 3.28. The van der Waals surface area contributed by atoms with Crippen LogP contribution in [0.4, 0.5) is 13.2 Å². The molecule has 27 heavy (non-hydrogen) atoms. The van der Waals surface area contributed by atoms with E-state index in [1.165, 1.54) is 12.1 Å². The standard InChI is InChI=1S/C19H29F3N4O/c1-4-10-24-17(27)9-12-26-18(23-3)25-11-8-14(2)15-6-5-7-16(13-15)19(20,21)22/h5-7,13-14H,4,8-12H2,1-3H3,(H,24,27)(H2,23,25,26). The van der Waals surface area contributed by atoms with Gasteiger partial charge >= 0.3 is 6.18 Å². The van der Waals surface area contributed by atoms with Gasteiger partial charge < -0.3 is 16.0 Å². The van der Waals surface area contributed by atoms with Crippen molar-refractivity contribution in [3.63, 3.8) is 0 Å². The minimum atomic E-state index is -4.33. The number of benzene rings is 1.